The van der Waals surface area contributed by atoms with Crippen LogP contribution in [0.2, 0.25) is 0 Å². The minimum Gasteiger partial charge on any atom is -0.444 e. The molecule has 1 saturated carbocycles. The van der Waals surface area contributed by atoms with Crippen LogP contribution in [0.15, 0.2) is 24.3 Å². The van der Waals surface area contributed by atoms with E-state index in [1.807, 2.05) is 18.2 Å². The molecule has 4 atom stereocenters. The normalized spacial score (nSPS) is 22.8. The van der Waals surface area contributed by atoms with Gasteiger partial charge in [-0.15, -0.1) is 11.3 Å². The van der Waals surface area contributed by atoms with Crippen LogP contribution in [0.5, 0.6) is 0 Å². The first-order valence-electron chi connectivity index (χ1n) is 12.8. The lowest BCUT2D eigenvalue weighted by Gasteiger charge is -2.35. The first-order valence-corrected chi connectivity index (χ1v) is 13.7. The highest BCUT2D eigenvalue weighted by Crippen LogP contribution is 2.43. The number of nitrogens with one attached hydrogen (secondary N) is 1. The van der Waals surface area contributed by atoms with E-state index in [1.54, 1.807) is 32.7 Å². The van der Waals surface area contributed by atoms with E-state index < -0.39 is 35.5 Å². The molecule has 200 valence electrons. The Morgan fingerprint density at radius 1 is 1.29 bits per heavy atom. The Hall–Kier alpha value is -3.45. The minimum atomic E-state index is -0.952. The van der Waals surface area contributed by atoms with Gasteiger partial charge in [-0.3, -0.25) is 14.5 Å². The number of nitriles is 1. The van der Waals surface area contributed by atoms with Gasteiger partial charge in [0.1, 0.15) is 23.5 Å². The Bertz CT molecular complexity index is 1340. The predicted octanol–water partition coefficient (Wildman–Crippen LogP) is 4.41. The number of ether oxygens (including phenoxy) is 1. The Morgan fingerprint density at radius 2 is 2.05 bits per heavy atom. The number of likely N-dealkylation sites (N-methyl/N-ethyl adjacent to an activating group) is 1. The van der Waals surface area contributed by atoms with Gasteiger partial charge >= 0.3 is 6.09 Å². The van der Waals surface area contributed by atoms with Crippen LogP contribution in [0, 0.1) is 23.1 Å². The molecule has 1 saturated heterocycles. The van der Waals surface area contributed by atoms with Crippen molar-refractivity contribution in [3.05, 3.63) is 40.5 Å². The lowest BCUT2D eigenvalue weighted by molar-refractivity contribution is -0.128. The number of nitrogens with zero attached hydrogens (tertiary/aromatic N) is 3. The van der Waals surface area contributed by atoms with Crippen molar-refractivity contribution in [2.24, 2.45) is 5.92 Å². The number of halogens is 1. The summed E-state index contributed by atoms with van der Waals surface area (Å²) in [5.74, 6) is -0.817. The van der Waals surface area contributed by atoms with Gasteiger partial charge in [-0.1, -0.05) is 12.1 Å². The van der Waals surface area contributed by atoms with E-state index in [9.17, 15) is 24.0 Å². The molecule has 0 spiro atoms. The molecular formula is C28H31FN4O4S. The van der Waals surface area contributed by atoms with E-state index >= 15 is 0 Å². The van der Waals surface area contributed by atoms with Crippen LogP contribution in [0.4, 0.5) is 14.9 Å². The summed E-state index contributed by atoms with van der Waals surface area (Å²) in [6.07, 6.45) is 2.24. The summed E-state index contributed by atoms with van der Waals surface area (Å²) in [5.41, 5.74) is 1.85. The van der Waals surface area contributed by atoms with Crippen LogP contribution in [0.25, 0.3) is 10.4 Å². The number of piperidine rings is 1. The molecule has 2 fully saturated rings. The highest BCUT2D eigenvalue weighted by atomic mass is 32.1. The molecule has 1 aliphatic carbocycles. The molecule has 38 heavy (non-hydrogen) atoms. The fourth-order valence-corrected chi connectivity index (χ4v) is 6.84. The smallest absolute Gasteiger partial charge is 0.411 e. The summed E-state index contributed by atoms with van der Waals surface area (Å²) in [6, 6.07) is 7.43. The third kappa shape index (κ3) is 4.87. The van der Waals surface area contributed by atoms with Gasteiger partial charge < -0.3 is 15.0 Å². The monoisotopic (exact) mass is 538 g/mol. The number of amides is 3. The summed E-state index contributed by atoms with van der Waals surface area (Å²) in [7, 11) is 1.72. The summed E-state index contributed by atoms with van der Waals surface area (Å²) in [4.78, 5) is 42.4. The number of thiophene rings is 1. The van der Waals surface area contributed by atoms with Gasteiger partial charge in [0.25, 0.3) is 0 Å². The molecule has 1 aromatic heterocycles. The van der Waals surface area contributed by atoms with Gasteiger partial charge in [0.05, 0.1) is 12.5 Å². The minimum absolute atomic E-state index is 0.00925. The number of anilines is 1. The average Bonchev–Trinajstić information content (AvgIpc) is 3.61. The van der Waals surface area contributed by atoms with Crippen LogP contribution in [-0.2, 0) is 27.2 Å². The van der Waals surface area contributed by atoms with Crippen molar-refractivity contribution in [1.82, 2.24) is 10.2 Å². The summed E-state index contributed by atoms with van der Waals surface area (Å²) >= 11 is 1.22. The molecule has 2 aromatic rings. The summed E-state index contributed by atoms with van der Waals surface area (Å²) in [5, 5.41) is 12.5. The molecule has 5 rings (SSSR count). The Kier molecular flexibility index (Phi) is 6.68. The molecule has 1 unspecified atom stereocenters. The van der Waals surface area contributed by atoms with E-state index in [-0.39, 0.29) is 24.3 Å². The van der Waals surface area contributed by atoms with Crippen LogP contribution < -0.4 is 10.2 Å². The molecule has 1 aromatic carbocycles. The van der Waals surface area contributed by atoms with E-state index in [2.05, 4.69) is 11.4 Å². The SMILES string of the molecule is CN1C(=O)Cc2ccc(-c3cc(F)c(CC(C#N)NC(=O)[C@@H]4[C@H]5CC[C@H](C5)N4C(=O)OC(C)(C)C)s3)cc21. The summed E-state index contributed by atoms with van der Waals surface area (Å²) in [6.45, 7) is 5.35. The Balaban J connectivity index is 1.29. The Morgan fingerprint density at radius 3 is 2.76 bits per heavy atom. The lowest BCUT2D eigenvalue weighted by atomic mass is 9.97. The zero-order chi connectivity index (χ0) is 27.4. The van der Waals surface area contributed by atoms with Crippen molar-refractivity contribution >= 4 is 34.9 Å². The number of fused-ring (bicyclic) bond motifs is 3. The van der Waals surface area contributed by atoms with Crippen molar-refractivity contribution in [2.45, 2.75) is 76.6 Å². The molecule has 1 N–H and O–H groups in total. The number of benzene rings is 1. The molecule has 8 nitrogen and oxygen atoms in total. The zero-order valence-electron chi connectivity index (χ0n) is 21.9. The number of hydrogen-bond acceptors (Lipinski definition) is 6. The fraction of sp³-hybridized carbons (Fsp3) is 0.500. The van der Waals surface area contributed by atoms with Gasteiger partial charge in [-0.25, -0.2) is 9.18 Å². The van der Waals surface area contributed by atoms with E-state index in [0.29, 0.717) is 16.2 Å². The van der Waals surface area contributed by atoms with Crippen molar-refractivity contribution < 1.29 is 23.5 Å². The molecule has 10 heteroatoms. The standard InChI is InChI=1S/C28H31FN4O4S/c1-28(2,3)37-27(36)33-19-8-7-17(9-19)25(33)26(35)31-18(14-30)12-23-20(29)13-22(38-23)16-6-5-15-11-24(34)32(4)21(15)10-16/h5-6,10,13,17-19,25H,7-9,11-12H2,1-4H3,(H,31,35)/t17-,18?,19+,25-/m0/s1. The number of hydrogen-bond donors (Lipinski definition) is 1. The summed E-state index contributed by atoms with van der Waals surface area (Å²) < 4.78 is 20.5. The zero-order valence-corrected chi connectivity index (χ0v) is 22.7. The maximum absolute atomic E-state index is 14.9. The third-order valence-electron chi connectivity index (χ3n) is 7.52. The number of rotatable bonds is 5. The number of likely N-dealkylation sites (tertiary alicyclic amines) is 1. The highest BCUT2D eigenvalue weighted by molar-refractivity contribution is 7.15. The van der Waals surface area contributed by atoms with Crippen LogP contribution >= 0.6 is 11.3 Å². The topological polar surface area (TPSA) is 103 Å². The van der Waals surface area contributed by atoms with Crippen molar-refractivity contribution in [1.29, 1.82) is 5.26 Å². The fourth-order valence-electron chi connectivity index (χ4n) is 5.76. The second-order valence-corrected chi connectivity index (χ2v) is 12.4. The largest absolute Gasteiger partial charge is 0.444 e. The number of carbonyl (C=O) groups is 3. The lowest BCUT2D eigenvalue weighted by Crippen LogP contribution is -2.55. The third-order valence-corrected chi connectivity index (χ3v) is 8.71. The van der Waals surface area contributed by atoms with Gasteiger partial charge in [-0.05, 0) is 69.2 Å². The molecule has 3 heterocycles. The van der Waals surface area contributed by atoms with Gasteiger partial charge in [0.15, 0.2) is 0 Å². The molecule has 2 bridgehead atoms. The van der Waals surface area contributed by atoms with Crippen LogP contribution in [-0.4, -0.2) is 53.6 Å². The molecule has 2 aliphatic heterocycles. The van der Waals surface area contributed by atoms with Crippen molar-refractivity contribution in [3.8, 4) is 16.5 Å². The second-order valence-electron chi connectivity index (χ2n) is 11.3. The molecule has 3 aliphatic rings. The molecule has 0 radical (unpaired) electrons. The van der Waals surface area contributed by atoms with E-state index in [1.165, 1.54) is 22.3 Å². The van der Waals surface area contributed by atoms with Crippen LogP contribution in [0.3, 0.4) is 0 Å². The average molecular weight is 539 g/mol. The second kappa shape index (κ2) is 9.70. The van der Waals surface area contributed by atoms with Gasteiger partial charge in [0.2, 0.25) is 11.8 Å². The van der Waals surface area contributed by atoms with Crippen LogP contribution in [0.1, 0.15) is 50.5 Å². The van der Waals surface area contributed by atoms with Crippen molar-refractivity contribution in [2.75, 3.05) is 11.9 Å². The van der Waals surface area contributed by atoms with E-state index in [4.69, 9.17) is 4.74 Å². The Labute approximate surface area is 225 Å². The quantitative estimate of drug-likeness (QED) is 0.608. The van der Waals surface area contributed by atoms with E-state index in [0.717, 1.165) is 36.1 Å². The maximum Gasteiger partial charge on any atom is 0.411 e. The van der Waals surface area contributed by atoms with Crippen molar-refractivity contribution in [3.63, 3.8) is 0 Å². The first kappa shape index (κ1) is 26.2. The first-order chi connectivity index (χ1) is 17.9. The predicted molar refractivity (Wildman–Crippen MR) is 141 cm³/mol. The molecular weight excluding hydrogens is 507 g/mol. The molecule has 3 amide bonds. The van der Waals surface area contributed by atoms with Gasteiger partial charge in [-0.2, -0.15) is 5.26 Å². The number of carbonyl (C=O) groups excluding carboxylic acids is 3. The van der Waals surface area contributed by atoms with Gasteiger partial charge in [0, 0.05) is 35.0 Å². The highest BCUT2D eigenvalue weighted by Gasteiger charge is 2.52. The maximum atomic E-state index is 14.9.